The summed E-state index contributed by atoms with van der Waals surface area (Å²) in [6.45, 7) is 3.82. The van der Waals surface area contributed by atoms with Crippen molar-refractivity contribution in [3.63, 3.8) is 0 Å². The number of nitrogens with one attached hydrogen (secondary N) is 1. The van der Waals surface area contributed by atoms with E-state index in [2.05, 4.69) is 15.2 Å². The third-order valence-electron chi connectivity index (χ3n) is 7.92. The lowest BCUT2D eigenvalue weighted by Crippen LogP contribution is -2.47. The molecule has 1 fully saturated rings. The largest absolute Gasteiger partial charge is 0.508 e. The number of carbonyl (C=O) groups excluding carboxylic acids is 1. The molecule has 6 rings (SSSR count). The fourth-order valence-corrected chi connectivity index (χ4v) is 5.25. The monoisotopic (exact) mass is 615 g/mol. The number of aromatic nitrogens is 4. The zero-order chi connectivity index (χ0) is 31.6. The van der Waals surface area contributed by atoms with Crippen LogP contribution in [0.1, 0.15) is 27.0 Å². The summed E-state index contributed by atoms with van der Waals surface area (Å²) in [5.74, 6) is 1.11. The number of anilines is 1. The molecule has 0 radical (unpaired) electrons. The molecule has 0 atom stereocenters. The molecule has 2 aromatic heterocycles. The fraction of sp³-hybridized carbons (Fsp3) is 0.273. The van der Waals surface area contributed by atoms with Gasteiger partial charge in [-0.1, -0.05) is 36.4 Å². The van der Waals surface area contributed by atoms with Crippen LogP contribution in [0.3, 0.4) is 0 Å². The van der Waals surface area contributed by atoms with Crippen molar-refractivity contribution in [2.24, 2.45) is 0 Å². The van der Waals surface area contributed by atoms with Gasteiger partial charge < -0.3 is 24.8 Å². The third kappa shape index (κ3) is 6.91. The van der Waals surface area contributed by atoms with E-state index >= 15 is 0 Å². The fourth-order valence-electron chi connectivity index (χ4n) is 5.25. The van der Waals surface area contributed by atoms with Gasteiger partial charge in [0.25, 0.3) is 5.91 Å². The van der Waals surface area contributed by atoms with Crippen molar-refractivity contribution in [2.45, 2.75) is 19.1 Å². The number of halogens is 3. The number of aromatic hydroxyl groups is 1. The van der Waals surface area contributed by atoms with Gasteiger partial charge in [0.2, 0.25) is 0 Å². The third-order valence-corrected chi connectivity index (χ3v) is 7.92. The van der Waals surface area contributed by atoms with E-state index in [0.29, 0.717) is 65.6 Å². The highest BCUT2D eigenvalue weighted by atomic mass is 19.4. The number of hydrogen-bond donors (Lipinski definition) is 2. The van der Waals surface area contributed by atoms with Gasteiger partial charge in [-0.05, 0) is 61.0 Å². The van der Waals surface area contributed by atoms with Crippen LogP contribution >= 0.6 is 0 Å². The Hall–Kier alpha value is -4.97. The molecule has 1 amide bonds. The van der Waals surface area contributed by atoms with Crippen LogP contribution in [0.4, 0.5) is 19.0 Å². The minimum Gasteiger partial charge on any atom is -0.508 e. The number of phenols is 1. The lowest BCUT2D eigenvalue weighted by Gasteiger charge is -2.32. The maximum absolute atomic E-state index is 13.1. The first-order valence-corrected chi connectivity index (χ1v) is 14.6. The molecular formula is C33H32F3N7O2. The zero-order valence-electron chi connectivity index (χ0n) is 24.6. The van der Waals surface area contributed by atoms with Gasteiger partial charge in [-0.15, -0.1) is 0 Å². The Bertz CT molecular complexity index is 1780. The summed E-state index contributed by atoms with van der Waals surface area (Å²) < 4.78 is 41.0. The Kier molecular flexibility index (Phi) is 8.40. The SMILES string of the molecule is CN1CCN(C(=O)c2ccc(-c3nc(NCCc4ccc(O)cc4)c4ncn(Cc5ccc(C(F)(F)F)cc5)c4n3)cc2)CC1. The number of carbonyl (C=O) groups is 1. The maximum atomic E-state index is 13.1. The molecule has 3 aromatic carbocycles. The molecule has 45 heavy (non-hydrogen) atoms. The van der Waals surface area contributed by atoms with Crippen LogP contribution in [0.2, 0.25) is 0 Å². The van der Waals surface area contributed by atoms with Crippen LogP contribution in [0.25, 0.3) is 22.6 Å². The van der Waals surface area contributed by atoms with Crippen molar-refractivity contribution >= 4 is 22.9 Å². The van der Waals surface area contributed by atoms with Crippen LogP contribution in [-0.2, 0) is 19.1 Å². The standard InChI is InChI=1S/C33H32F3N7O2/c1-41-16-18-42(19-17-41)32(45)25-8-6-24(7-9-25)29-39-30(37-15-14-22-4-12-27(44)13-5-22)28-31(40-29)43(21-38-28)20-23-2-10-26(11-3-23)33(34,35)36/h2-13,21,44H,14-20H2,1H3,(H,37,39,40). The second-order valence-electron chi connectivity index (χ2n) is 11.2. The molecule has 1 saturated heterocycles. The van der Waals surface area contributed by atoms with Crippen molar-refractivity contribution in [1.82, 2.24) is 29.3 Å². The highest BCUT2D eigenvalue weighted by Crippen LogP contribution is 2.30. The summed E-state index contributed by atoms with van der Waals surface area (Å²) in [5, 5.41) is 12.9. The minimum atomic E-state index is -4.41. The first-order valence-electron chi connectivity index (χ1n) is 14.6. The number of phenolic OH excluding ortho intramolecular Hbond substituents is 1. The van der Waals surface area contributed by atoms with E-state index in [1.54, 1.807) is 35.2 Å². The summed E-state index contributed by atoms with van der Waals surface area (Å²) in [5.41, 5.74) is 3.32. The van der Waals surface area contributed by atoms with Crippen molar-refractivity contribution in [1.29, 1.82) is 0 Å². The van der Waals surface area contributed by atoms with E-state index in [1.165, 1.54) is 12.1 Å². The molecule has 0 bridgehead atoms. The summed E-state index contributed by atoms with van der Waals surface area (Å²) in [7, 11) is 2.04. The molecule has 9 nitrogen and oxygen atoms in total. The van der Waals surface area contributed by atoms with Crippen LogP contribution in [0, 0.1) is 0 Å². The number of piperazine rings is 1. The van der Waals surface area contributed by atoms with Gasteiger partial charge >= 0.3 is 6.18 Å². The Morgan fingerprint density at radius 3 is 2.22 bits per heavy atom. The molecular weight excluding hydrogens is 583 g/mol. The van der Waals surface area contributed by atoms with Crippen LogP contribution in [0.15, 0.2) is 79.1 Å². The molecule has 0 unspecified atom stereocenters. The molecule has 5 aromatic rings. The molecule has 1 aliphatic rings. The minimum absolute atomic E-state index is 0.0165. The second-order valence-corrected chi connectivity index (χ2v) is 11.2. The number of likely N-dealkylation sites (N-methyl/N-ethyl adjacent to an activating group) is 1. The second kappa shape index (κ2) is 12.6. The van der Waals surface area contributed by atoms with Crippen molar-refractivity contribution in [2.75, 3.05) is 45.1 Å². The molecule has 12 heteroatoms. The summed E-state index contributed by atoms with van der Waals surface area (Å²) >= 11 is 0. The van der Waals surface area contributed by atoms with Crippen LogP contribution < -0.4 is 5.32 Å². The van der Waals surface area contributed by atoms with Crippen LogP contribution in [-0.4, -0.2) is 80.1 Å². The number of imidazole rings is 1. The van der Waals surface area contributed by atoms with E-state index in [9.17, 15) is 23.1 Å². The van der Waals surface area contributed by atoms with E-state index in [1.807, 2.05) is 36.2 Å². The normalized spacial score (nSPS) is 14.2. The molecule has 232 valence electrons. The van der Waals surface area contributed by atoms with Gasteiger partial charge in [-0.3, -0.25) is 4.79 Å². The Morgan fingerprint density at radius 1 is 0.889 bits per heavy atom. The summed E-state index contributed by atoms with van der Waals surface area (Å²) in [6.07, 6.45) is -2.14. The number of alkyl halides is 3. The number of rotatable bonds is 8. The lowest BCUT2D eigenvalue weighted by molar-refractivity contribution is -0.137. The molecule has 2 N–H and O–H groups in total. The van der Waals surface area contributed by atoms with E-state index in [-0.39, 0.29) is 18.2 Å². The zero-order valence-corrected chi connectivity index (χ0v) is 24.6. The number of amides is 1. The maximum Gasteiger partial charge on any atom is 0.416 e. The van der Waals surface area contributed by atoms with Gasteiger partial charge in [0, 0.05) is 43.9 Å². The predicted molar refractivity (Wildman–Crippen MR) is 165 cm³/mol. The number of hydrogen-bond acceptors (Lipinski definition) is 7. The van der Waals surface area contributed by atoms with E-state index in [4.69, 9.17) is 9.97 Å². The quantitative estimate of drug-likeness (QED) is 0.244. The van der Waals surface area contributed by atoms with Gasteiger partial charge in [0.15, 0.2) is 17.3 Å². The molecule has 0 aliphatic carbocycles. The summed E-state index contributed by atoms with van der Waals surface area (Å²) in [6, 6.07) is 19.2. The topological polar surface area (TPSA) is 99.4 Å². The van der Waals surface area contributed by atoms with Crippen LogP contribution in [0.5, 0.6) is 5.75 Å². The van der Waals surface area contributed by atoms with E-state index in [0.717, 1.165) is 30.8 Å². The van der Waals surface area contributed by atoms with Crippen molar-refractivity contribution in [3.05, 3.63) is 101 Å². The van der Waals surface area contributed by atoms with Gasteiger partial charge in [0.05, 0.1) is 18.4 Å². The average Bonchev–Trinajstić information content (AvgIpc) is 3.44. The smallest absolute Gasteiger partial charge is 0.416 e. The van der Waals surface area contributed by atoms with Gasteiger partial charge in [0.1, 0.15) is 11.3 Å². The number of benzene rings is 3. The Balaban J connectivity index is 1.29. The van der Waals surface area contributed by atoms with E-state index < -0.39 is 11.7 Å². The van der Waals surface area contributed by atoms with Gasteiger partial charge in [-0.2, -0.15) is 13.2 Å². The lowest BCUT2D eigenvalue weighted by atomic mass is 10.1. The predicted octanol–water partition coefficient (Wildman–Crippen LogP) is 5.31. The highest BCUT2D eigenvalue weighted by Gasteiger charge is 2.30. The van der Waals surface area contributed by atoms with Gasteiger partial charge in [-0.25, -0.2) is 15.0 Å². The molecule has 3 heterocycles. The Morgan fingerprint density at radius 2 is 1.56 bits per heavy atom. The average molecular weight is 616 g/mol. The Labute approximate surface area is 258 Å². The number of fused-ring (bicyclic) bond motifs is 1. The molecule has 1 aliphatic heterocycles. The first kappa shape index (κ1) is 30.1. The highest BCUT2D eigenvalue weighted by molar-refractivity contribution is 5.95. The number of nitrogens with zero attached hydrogens (tertiary/aromatic N) is 6. The summed E-state index contributed by atoms with van der Waals surface area (Å²) in [4.78, 5) is 31.3. The van der Waals surface area contributed by atoms with Crippen molar-refractivity contribution < 1.29 is 23.1 Å². The molecule has 0 spiro atoms. The van der Waals surface area contributed by atoms with Crippen molar-refractivity contribution in [3.8, 4) is 17.1 Å². The molecule has 0 saturated carbocycles. The first-order chi connectivity index (χ1) is 21.6.